The van der Waals surface area contributed by atoms with E-state index in [1.54, 1.807) is 22.0 Å². The predicted molar refractivity (Wildman–Crippen MR) is 72.7 cm³/mol. The van der Waals surface area contributed by atoms with Crippen LogP contribution in [-0.4, -0.2) is 45.3 Å². The Morgan fingerprint density at radius 3 is 2.61 bits per heavy atom. The van der Waals surface area contributed by atoms with E-state index in [9.17, 15) is 18.0 Å². The van der Waals surface area contributed by atoms with Crippen LogP contribution in [-0.2, 0) is 0 Å². The van der Waals surface area contributed by atoms with Crippen molar-refractivity contribution < 1.29 is 22.7 Å². The third-order valence-electron chi connectivity index (χ3n) is 3.60. The minimum Gasteiger partial charge on any atom is -0.406 e. The van der Waals surface area contributed by atoms with Gasteiger partial charge in [-0.3, -0.25) is 4.79 Å². The lowest BCUT2D eigenvalue weighted by Crippen LogP contribution is -2.29. The number of ether oxygens (including phenoxy) is 1. The minimum absolute atomic E-state index is 0.0642. The number of hydrogen-bond donors (Lipinski definition) is 0. The molecule has 1 aliphatic rings. The highest BCUT2D eigenvalue weighted by molar-refractivity contribution is 5.94. The van der Waals surface area contributed by atoms with Crippen molar-refractivity contribution in [1.82, 2.24) is 19.9 Å². The Hall–Kier alpha value is -2.58. The molecular weight excluding hydrogens is 313 g/mol. The smallest absolute Gasteiger partial charge is 0.406 e. The van der Waals surface area contributed by atoms with Crippen LogP contribution in [0.5, 0.6) is 5.75 Å². The first-order chi connectivity index (χ1) is 10.9. The highest BCUT2D eigenvalue weighted by atomic mass is 19.4. The van der Waals surface area contributed by atoms with Crippen LogP contribution in [0.1, 0.15) is 22.8 Å². The second-order valence-corrected chi connectivity index (χ2v) is 5.15. The molecule has 23 heavy (non-hydrogen) atoms. The number of nitrogens with zero attached hydrogens (tertiary/aromatic N) is 4. The highest BCUT2D eigenvalue weighted by Gasteiger charge is 2.31. The summed E-state index contributed by atoms with van der Waals surface area (Å²) in [4.78, 5) is 14.0. The van der Waals surface area contributed by atoms with E-state index in [0.717, 1.165) is 18.6 Å². The normalized spacial score (nSPS) is 18.2. The maximum Gasteiger partial charge on any atom is 0.573 e. The van der Waals surface area contributed by atoms with Crippen molar-refractivity contribution in [3.05, 3.63) is 42.2 Å². The zero-order chi connectivity index (χ0) is 16.4. The average molecular weight is 326 g/mol. The van der Waals surface area contributed by atoms with Gasteiger partial charge < -0.3 is 9.64 Å². The van der Waals surface area contributed by atoms with Gasteiger partial charge in [0.1, 0.15) is 5.75 Å². The molecule has 0 saturated carbocycles. The summed E-state index contributed by atoms with van der Waals surface area (Å²) in [5.74, 6) is -0.581. The van der Waals surface area contributed by atoms with Gasteiger partial charge in [0.25, 0.3) is 5.91 Å². The minimum atomic E-state index is -4.74. The molecule has 1 saturated heterocycles. The number of amides is 1. The molecule has 0 N–H and O–H groups in total. The quantitative estimate of drug-likeness (QED) is 0.868. The molecule has 1 unspecified atom stereocenters. The van der Waals surface area contributed by atoms with Crippen molar-refractivity contribution in [2.75, 3.05) is 13.1 Å². The Balaban J connectivity index is 1.64. The van der Waals surface area contributed by atoms with E-state index in [2.05, 4.69) is 15.0 Å². The molecule has 3 rings (SSSR count). The average Bonchev–Trinajstić information content (AvgIpc) is 3.17. The summed E-state index contributed by atoms with van der Waals surface area (Å²) in [5.41, 5.74) is 0.318. The summed E-state index contributed by atoms with van der Waals surface area (Å²) in [5, 5.41) is 7.65. The third kappa shape index (κ3) is 3.61. The van der Waals surface area contributed by atoms with Crippen LogP contribution in [0.3, 0.4) is 0 Å². The number of carbonyl (C=O) groups is 1. The molecule has 6 nitrogen and oxygen atoms in total. The lowest BCUT2D eigenvalue weighted by molar-refractivity contribution is -0.274. The summed E-state index contributed by atoms with van der Waals surface area (Å²) in [6, 6.07) is 4.98. The molecule has 0 bridgehead atoms. The van der Waals surface area contributed by atoms with Crippen molar-refractivity contribution >= 4 is 5.91 Å². The molecule has 1 atom stereocenters. The highest BCUT2D eigenvalue weighted by Crippen LogP contribution is 2.25. The molecular formula is C14H13F3N4O2. The van der Waals surface area contributed by atoms with Gasteiger partial charge in [0, 0.05) is 24.8 Å². The van der Waals surface area contributed by atoms with Crippen molar-refractivity contribution in [3.63, 3.8) is 0 Å². The number of halogens is 3. The molecule has 0 aliphatic carbocycles. The molecule has 122 valence electrons. The van der Waals surface area contributed by atoms with Gasteiger partial charge in [-0.1, -0.05) is 5.21 Å². The summed E-state index contributed by atoms with van der Waals surface area (Å²) >= 11 is 0. The SMILES string of the molecule is O=C(c1ccc(OC(F)(F)F)cc1)N1CCC(n2ccnn2)C1. The Labute approximate surface area is 129 Å². The number of carbonyl (C=O) groups excluding carboxylic acids is 1. The van der Waals surface area contributed by atoms with Gasteiger partial charge in [0.05, 0.1) is 12.2 Å². The Morgan fingerprint density at radius 2 is 2.00 bits per heavy atom. The zero-order valence-corrected chi connectivity index (χ0v) is 11.9. The third-order valence-corrected chi connectivity index (χ3v) is 3.60. The lowest BCUT2D eigenvalue weighted by atomic mass is 10.2. The van der Waals surface area contributed by atoms with Crippen molar-refractivity contribution in [2.24, 2.45) is 0 Å². The van der Waals surface area contributed by atoms with Crippen molar-refractivity contribution in [3.8, 4) is 5.75 Å². The molecule has 0 spiro atoms. The van der Waals surface area contributed by atoms with E-state index in [0.29, 0.717) is 18.7 Å². The molecule has 1 amide bonds. The molecule has 1 aliphatic heterocycles. The van der Waals surface area contributed by atoms with Crippen LogP contribution >= 0.6 is 0 Å². The summed E-state index contributed by atoms with van der Waals surface area (Å²) in [6.45, 7) is 1.05. The van der Waals surface area contributed by atoms with Gasteiger partial charge in [0.15, 0.2) is 0 Å². The predicted octanol–water partition coefficient (Wildman–Crippen LogP) is 2.26. The molecule has 9 heteroatoms. The standard InChI is InChI=1S/C14H13F3N4O2/c15-14(16,17)23-12-3-1-10(2-4-12)13(22)20-7-5-11(9-20)21-8-6-18-19-21/h1-4,6,8,11H,5,7,9H2. The van der Waals surface area contributed by atoms with Crippen LogP contribution < -0.4 is 4.74 Å². The molecule has 1 fully saturated rings. The number of alkyl halides is 3. The van der Waals surface area contributed by atoms with E-state index in [-0.39, 0.29) is 17.7 Å². The lowest BCUT2D eigenvalue weighted by Gasteiger charge is -2.17. The Morgan fingerprint density at radius 1 is 1.26 bits per heavy atom. The summed E-state index contributed by atoms with van der Waals surface area (Å²) < 4.78 is 41.8. The molecule has 2 aromatic rings. The van der Waals surface area contributed by atoms with Gasteiger partial charge in [-0.25, -0.2) is 4.68 Å². The van der Waals surface area contributed by atoms with E-state index in [1.807, 2.05) is 0 Å². The van der Waals surface area contributed by atoms with Gasteiger partial charge in [-0.2, -0.15) is 0 Å². The van der Waals surface area contributed by atoms with Gasteiger partial charge in [0.2, 0.25) is 0 Å². The van der Waals surface area contributed by atoms with Gasteiger partial charge >= 0.3 is 6.36 Å². The maximum atomic E-state index is 12.4. The molecule has 2 heterocycles. The van der Waals surface area contributed by atoms with Crippen LogP contribution in [0.15, 0.2) is 36.7 Å². The largest absolute Gasteiger partial charge is 0.573 e. The Bertz CT molecular complexity index is 670. The van der Waals surface area contributed by atoms with Crippen LogP contribution in [0.2, 0.25) is 0 Å². The van der Waals surface area contributed by atoms with Crippen LogP contribution in [0.25, 0.3) is 0 Å². The van der Waals surface area contributed by atoms with Gasteiger partial charge in [-0.15, -0.1) is 18.3 Å². The van der Waals surface area contributed by atoms with E-state index < -0.39 is 6.36 Å². The fourth-order valence-electron chi connectivity index (χ4n) is 2.54. The fraction of sp³-hybridized carbons (Fsp3) is 0.357. The number of benzene rings is 1. The second-order valence-electron chi connectivity index (χ2n) is 5.15. The summed E-state index contributed by atoms with van der Waals surface area (Å²) in [7, 11) is 0. The van der Waals surface area contributed by atoms with Crippen LogP contribution in [0.4, 0.5) is 13.2 Å². The van der Waals surface area contributed by atoms with Crippen molar-refractivity contribution in [1.29, 1.82) is 0 Å². The van der Waals surface area contributed by atoms with E-state index in [1.165, 1.54) is 12.1 Å². The molecule has 1 aromatic heterocycles. The zero-order valence-electron chi connectivity index (χ0n) is 11.9. The second kappa shape index (κ2) is 5.90. The number of hydrogen-bond acceptors (Lipinski definition) is 4. The first kappa shape index (κ1) is 15.3. The number of aromatic nitrogens is 3. The van der Waals surface area contributed by atoms with E-state index >= 15 is 0 Å². The van der Waals surface area contributed by atoms with Gasteiger partial charge in [-0.05, 0) is 30.7 Å². The fourth-order valence-corrected chi connectivity index (χ4v) is 2.54. The summed E-state index contributed by atoms with van der Waals surface area (Å²) in [6.07, 6.45) is -0.679. The van der Waals surface area contributed by atoms with Crippen molar-refractivity contribution in [2.45, 2.75) is 18.8 Å². The molecule has 0 radical (unpaired) electrons. The van der Waals surface area contributed by atoms with Crippen LogP contribution in [0, 0.1) is 0 Å². The Kier molecular flexibility index (Phi) is 3.93. The number of rotatable bonds is 3. The first-order valence-electron chi connectivity index (χ1n) is 6.93. The van der Waals surface area contributed by atoms with E-state index in [4.69, 9.17) is 0 Å². The topological polar surface area (TPSA) is 60.2 Å². The monoisotopic (exact) mass is 326 g/mol. The maximum absolute atomic E-state index is 12.4. The first-order valence-corrected chi connectivity index (χ1v) is 6.93. The molecule has 1 aromatic carbocycles. The number of likely N-dealkylation sites (tertiary alicyclic amines) is 1.